The van der Waals surface area contributed by atoms with Crippen molar-refractivity contribution in [3.63, 3.8) is 0 Å². The summed E-state index contributed by atoms with van der Waals surface area (Å²) in [4.78, 5) is 0. The van der Waals surface area contributed by atoms with Crippen molar-refractivity contribution >= 4 is 0 Å². The summed E-state index contributed by atoms with van der Waals surface area (Å²) < 4.78 is 0. The first-order valence-electron chi connectivity index (χ1n) is 10.7. The number of hydrogen-bond donors (Lipinski definition) is 0. The summed E-state index contributed by atoms with van der Waals surface area (Å²) in [5, 5.41) is 9.62. The van der Waals surface area contributed by atoms with E-state index in [0.29, 0.717) is 11.8 Å². The van der Waals surface area contributed by atoms with Crippen molar-refractivity contribution in [1.82, 2.24) is 0 Å². The molecule has 2 nitrogen and oxygen atoms in total. The van der Waals surface area contributed by atoms with Crippen LogP contribution in [0.3, 0.4) is 0 Å². The van der Waals surface area contributed by atoms with E-state index in [2.05, 4.69) is 96.9 Å². The minimum Gasteiger partial charge on any atom is -0.682 e. The Bertz CT molecular complexity index is 670. The molecule has 2 aliphatic rings. The van der Waals surface area contributed by atoms with Gasteiger partial charge in [-0.25, -0.2) is 0 Å². The van der Waals surface area contributed by atoms with Crippen LogP contribution in [0.15, 0.2) is 44.8 Å². The molecule has 0 aromatic rings. The van der Waals surface area contributed by atoms with Gasteiger partial charge < -0.3 is 25.5 Å². The molecule has 2 rings (SSSR count). The minimum absolute atomic E-state index is 0. The van der Waals surface area contributed by atoms with E-state index < -0.39 is 0 Å². The van der Waals surface area contributed by atoms with E-state index in [4.69, 9.17) is 10.6 Å². The molecule has 0 spiro atoms. The SMILES string of the molecule is CC1=C(C)C(C)C([N-]C(C)(C)C)=C1C.CC1=C(C)C(C)C([N-]C(C)(C)C)=C1C.[CH3-].[CH3-].[Ti+4]. The Balaban J connectivity index is -0.000000461. The Morgan fingerprint density at radius 2 is 0.742 bits per heavy atom. The predicted molar refractivity (Wildman–Crippen MR) is 140 cm³/mol. The average molecular weight is 463 g/mol. The molecule has 0 radical (unpaired) electrons. The summed E-state index contributed by atoms with van der Waals surface area (Å²) in [5.74, 6) is 1.02. The fourth-order valence-corrected chi connectivity index (χ4v) is 3.77. The maximum atomic E-state index is 4.81. The van der Waals surface area contributed by atoms with Crippen molar-refractivity contribution in [3.05, 3.63) is 70.3 Å². The van der Waals surface area contributed by atoms with Gasteiger partial charge in [-0.05, 0) is 53.4 Å². The van der Waals surface area contributed by atoms with Gasteiger partial charge in [0.1, 0.15) is 0 Å². The zero-order valence-electron chi connectivity index (χ0n) is 23.5. The minimum atomic E-state index is 0. The van der Waals surface area contributed by atoms with Gasteiger partial charge in [-0.15, -0.1) is 11.1 Å². The predicted octanol–water partition coefficient (Wildman–Crippen LogP) is 9.74. The van der Waals surface area contributed by atoms with Gasteiger partial charge in [0.2, 0.25) is 0 Å². The molecule has 2 unspecified atom stereocenters. The van der Waals surface area contributed by atoms with Crippen LogP contribution in [0.5, 0.6) is 0 Å². The number of rotatable bonds is 2. The molecular weight excluding hydrogens is 412 g/mol. The zero-order chi connectivity index (χ0) is 22.2. The van der Waals surface area contributed by atoms with Gasteiger partial charge in [-0.1, -0.05) is 88.8 Å². The summed E-state index contributed by atoms with van der Waals surface area (Å²) in [6.07, 6.45) is 0. The second-order valence-electron chi connectivity index (χ2n) is 10.6. The molecule has 3 heteroatoms. The molecule has 0 aliphatic heterocycles. The molecule has 0 saturated carbocycles. The van der Waals surface area contributed by atoms with Gasteiger partial charge in [0.05, 0.1) is 0 Å². The molecule has 176 valence electrons. The smallest absolute Gasteiger partial charge is 0.682 e. The van der Waals surface area contributed by atoms with Gasteiger partial charge in [0, 0.05) is 0 Å². The summed E-state index contributed by atoms with van der Waals surface area (Å²) in [6, 6.07) is 0. The molecule has 0 aromatic carbocycles. The van der Waals surface area contributed by atoms with Crippen LogP contribution in [0.2, 0.25) is 0 Å². The monoisotopic (exact) mass is 462 g/mol. The fourth-order valence-electron chi connectivity index (χ4n) is 3.77. The Labute approximate surface area is 211 Å². The van der Waals surface area contributed by atoms with Gasteiger partial charge in [-0.3, -0.25) is 0 Å². The van der Waals surface area contributed by atoms with Gasteiger partial charge in [-0.2, -0.15) is 11.4 Å². The molecule has 0 fully saturated rings. The van der Waals surface area contributed by atoms with Crippen LogP contribution in [0.25, 0.3) is 10.6 Å². The van der Waals surface area contributed by atoms with Crippen LogP contribution in [0.4, 0.5) is 0 Å². The first-order chi connectivity index (χ1) is 12.5. The largest absolute Gasteiger partial charge is 4.00 e. The second-order valence-corrected chi connectivity index (χ2v) is 10.6. The van der Waals surface area contributed by atoms with Gasteiger partial charge in [0.15, 0.2) is 0 Å². The Morgan fingerprint density at radius 1 is 0.516 bits per heavy atom. The van der Waals surface area contributed by atoms with E-state index in [0.717, 1.165) is 0 Å². The normalized spacial score (nSPS) is 21.2. The molecule has 0 N–H and O–H groups in total. The summed E-state index contributed by atoms with van der Waals surface area (Å²) in [6.45, 7) is 30.6. The van der Waals surface area contributed by atoms with E-state index in [9.17, 15) is 0 Å². The Hall–Kier alpha value is -0.726. The van der Waals surface area contributed by atoms with Crippen molar-refractivity contribution < 1.29 is 21.7 Å². The maximum Gasteiger partial charge on any atom is 4.00 e. The first-order valence-corrected chi connectivity index (χ1v) is 10.7. The van der Waals surface area contributed by atoms with Crippen LogP contribution < -0.4 is 0 Å². The van der Waals surface area contributed by atoms with Crippen LogP contribution in [0.1, 0.15) is 96.9 Å². The molecule has 2 aliphatic carbocycles. The van der Waals surface area contributed by atoms with E-state index in [1.807, 2.05) is 0 Å². The molecule has 31 heavy (non-hydrogen) atoms. The van der Waals surface area contributed by atoms with Crippen LogP contribution in [-0.2, 0) is 21.7 Å². The number of hydrogen-bond acceptors (Lipinski definition) is 0. The summed E-state index contributed by atoms with van der Waals surface area (Å²) in [7, 11) is 0. The van der Waals surface area contributed by atoms with Crippen LogP contribution in [0, 0.1) is 26.7 Å². The second kappa shape index (κ2) is 12.5. The Kier molecular flexibility index (Phi) is 14.1. The van der Waals surface area contributed by atoms with Crippen molar-refractivity contribution in [2.75, 3.05) is 0 Å². The first kappa shape index (κ1) is 34.9. The van der Waals surface area contributed by atoms with Gasteiger partial charge in [0.25, 0.3) is 0 Å². The quantitative estimate of drug-likeness (QED) is 0.289. The molecule has 0 amide bonds. The number of allylic oxidation sites excluding steroid dienone is 6. The van der Waals surface area contributed by atoms with Crippen molar-refractivity contribution in [1.29, 1.82) is 0 Å². The van der Waals surface area contributed by atoms with E-state index in [1.165, 1.54) is 44.8 Å². The van der Waals surface area contributed by atoms with Crippen molar-refractivity contribution in [3.8, 4) is 0 Å². The third kappa shape index (κ3) is 8.97. The van der Waals surface area contributed by atoms with Crippen molar-refractivity contribution in [2.24, 2.45) is 11.8 Å². The number of nitrogens with zero attached hydrogens (tertiary/aromatic N) is 2. The fraction of sp³-hybridized carbons (Fsp3) is 0.643. The zero-order valence-corrected chi connectivity index (χ0v) is 25.1. The van der Waals surface area contributed by atoms with E-state index in [-0.39, 0.29) is 47.6 Å². The van der Waals surface area contributed by atoms with Crippen molar-refractivity contribution in [2.45, 2.75) is 108 Å². The molecule has 0 aromatic heterocycles. The van der Waals surface area contributed by atoms with Crippen LogP contribution >= 0.6 is 0 Å². The molecular formula is C28H50N2Ti. The Morgan fingerprint density at radius 3 is 0.871 bits per heavy atom. The summed E-state index contributed by atoms with van der Waals surface area (Å²) >= 11 is 0. The molecule has 0 bridgehead atoms. The topological polar surface area (TPSA) is 28.2 Å². The van der Waals surface area contributed by atoms with E-state index in [1.54, 1.807) is 0 Å². The van der Waals surface area contributed by atoms with Crippen LogP contribution in [-0.4, -0.2) is 11.1 Å². The average Bonchev–Trinajstić information content (AvgIpc) is 2.83. The maximum absolute atomic E-state index is 4.81. The third-order valence-corrected chi connectivity index (χ3v) is 6.11. The molecule has 2 atom stereocenters. The standard InChI is InChI=1S/2C13H22N.2CH3.Ti/c2*1-8-9(2)11(4)12(10(8)3)14-13(5,6)7;;;/h2*10H,1-7H3;2*1H3;/q4*-1;+4. The van der Waals surface area contributed by atoms with E-state index >= 15 is 0 Å². The summed E-state index contributed by atoms with van der Waals surface area (Å²) in [5.41, 5.74) is 11.2. The molecule has 0 heterocycles. The van der Waals surface area contributed by atoms with Gasteiger partial charge >= 0.3 is 21.7 Å². The third-order valence-electron chi connectivity index (χ3n) is 6.11. The molecule has 0 saturated heterocycles.